The molecule has 10 heteroatoms. The molecule has 0 amide bonds. The predicted octanol–water partition coefficient (Wildman–Crippen LogP) is 4.29. The highest BCUT2D eigenvalue weighted by Gasteiger charge is 2.39. The highest BCUT2D eigenvalue weighted by Crippen LogP contribution is 2.47. The summed E-state index contributed by atoms with van der Waals surface area (Å²) >= 11 is 1.33. The van der Waals surface area contributed by atoms with Gasteiger partial charge >= 0.3 is 5.97 Å². The van der Waals surface area contributed by atoms with Crippen molar-refractivity contribution < 1.29 is 19.1 Å². The Labute approximate surface area is 185 Å². The van der Waals surface area contributed by atoms with Gasteiger partial charge in [-0.05, 0) is 48.9 Å². The van der Waals surface area contributed by atoms with Crippen LogP contribution in [-0.4, -0.2) is 36.8 Å². The van der Waals surface area contributed by atoms with Crippen molar-refractivity contribution in [3.8, 4) is 0 Å². The van der Waals surface area contributed by atoms with Crippen LogP contribution in [0.4, 0.5) is 5.69 Å². The second-order valence-corrected chi connectivity index (χ2v) is 8.69. The smallest absolute Gasteiger partial charge is 0.354 e. The number of fused-ring (bicyclic) bond motifs is 2. The molecule has 1 aliphatic carbocycles. The van der Waals surface area contributed by atoms with Gasteiger partial charge in [0.05, 0.1) is 11.6 Å². The number of H-pyrrole nitrogens is 2. The van der Waals surface area contributed by atoms with Crippen molar-refractivity contribution in [2.24, 2.45) is 0 Å². The third-order valence-corrected chi connectivity index (χ3v) is 6.58. The van der Waals surface area contributed by atoms with Crippen LogP contribution < -0.4 is 5.32 Å². The standard InChI is InChI=1S/C22H17N5O4S/c28-13-5-1-3-11-17(13)16(10-9-24-19(21(29)30)18(10)25-11)14-6-7-15(31-14)32-22-26-12-4-2-8-23-20(12)27-22/h2,4,6-9,16,24-25H,1,3,5H2,(H,29,30)(H,23,26,27). The van der Waals surface area contributed by atoms with Gasteiger partial charge in [-0.1, -0.05) is 0 Å². The van der Waals surface area contributed by atoms with Crippen LogP contribution in [0.2, 0.25) is 0 Å². The van der Waals surface area contributed by atoms with Crippen LogP contribution in [0, 0.1) is 0 Å². The molecule has 4 aromatic heterocycles. The Morgan fingerprint density at radius 2 is 2.16 bits per heavy atom. The van der Waals surface area contributed by atoms with Crippen LogP contribution in [0.3, 0.4) is 0 Å². The molecule has 6 rings (SSSR count). The lowest BCUT2D eigenvalue weighted by Gasteiger charge is -2.31. The van der Waals surface area contributed by atoms with Gasteiger partial charge in [0.15, 0.2) is 21.7 Å². The molecule has 1 aliphatic heterocycles. The maximum atomic E-state index is 12.9. The van der Waals surface area contributed by atoms with Crippen molar-refractivity contribution in [2.75, 3.05) is 5.32 Å². The van der Waals surface area contributed by atoms with E-state index in [1.54, 1.807) is 12.4 Å². The van der Waals surface area contributed by atoms with Crippen molar-refractivity contribution in [1.29, 1.82) is 0 Å². The number of aromatic amines is 2. The summed E-state index contributed by atoms with van der Waals surface area (Å²) in [6, 6.07) is 7.37. The Morgan fingerprint density at radius 3 is 3.00 bits per heavy atom. The van der Waals surface area contributed by atoms with Gasteiger partial charge in [-0.3, -0.25) is 4.79 Å². The Morgan fingerprint density at radius 1 is 1.25 bits per heavy atom. The fraction of sp³-hybridized carbons (Fsp3) is 0.182. The minimum Gasteiger partial charge on any atom is -0.477 e. The number of hydrogen-bond donors (Lipinski definition) is 4. The van der Waals surface area contributed by atoms with Gasteiger partial charge in [-0.15, -0.1) is 0 Å². The number of carbonyl (C=O) groups excluding carboxylic acids is 1. The highest BCUT2D eigenvalue weighted by atomic mass is 32.2. The van der Waals surface area contributed by atoms with E-state index < -0.39 is 11.9 Å². The Bertz CT molecular complexity index is 1400. The Balaban J connectivity index is 1.40. The molecule has 4 N–H and O–H groups in total. The van der Waals surface area contributed by atoms with Gasteiger partial charge in [0, 0.05) is 35.6 Å². The van der Waals surface area contributed by atoms with Crippen molar-refractivity contribution in [3.05, 3.63) is 64.9 Å². The molecular formula is C22H17N5O4S. The Kier molecular flexibility index (Phi) is 4.22. The van der Waals surface area contributed by atoms with Crippen LogP contribution in [0.5, 0.6) is 0 Å². The summed E-state index contributed by atoms with van der Waals surface area (Å²) in [6.07, 6.45) is 5.23. The van der Waals surface area contributed by atoms with Crippen molar-refractivity contribution in [1.82, 2.24) is 19.9 Å². The van der Waals surface area contributed by atoms with Crippen LogP contribution in [0.25, 0.3) is 11.2 Å². The number of rotatable bonds is 4. The topological polar surface area (TPSA) is 137 Å². The molecular weight excluding hydrogens is 430 g/mol. The molecule has 0 bridgehead atoms. The average Bonchev–Trinajstić information content (AvgIpc) is 3.50. The molecule has 2 aliphatic rings. The van der Waals surface area contributed by atoms with E-state index in [9.17, 15) is 14.7 Å². The largest absolute Gasteiger partial charge is 0.477 e. The number of hydrogen-bond acceptors (Lipinski definition) is 7. The van der Waals surface area contributed by atoms with Crippen LogP contribution in [0.15, 0.2) is 62.6 Å². The lowest BCUT2D eigenvalue weighted by Crippen LogP contribution is -2.26. The molecule has 0 aromatic carbocycles. The number of anilines is 1. The van der Waals surface area contributed by atoms with Gasteiger partial charge in [-0.2, -0.15) is 0 Å². The summed E-state index contributed by atoms with van der Waals surface area (Å²) in [6.45, 7) is 0. The number of ketones is 1. The number of nitrogens with zero attached hydrogens (tertiary/aromatic N) is 2. The first-order valence-corrected chi connectivity index (χ1v) is 11.0. The number of carboxylic acid groups (broad SMARTS) is 1. The third-order valence-electron chi connectivity index (χ3n) is 5.77. The summed E-state index contributed by atoms with van der Waals surface area (Å²) in [5.41, 5.74) is 4.14. The van der Waals surface area contributed by atoms with Crippen molar-refractivity contribution in [3.63, 3.8) is 0 Å². The van der Waals surface area contributed by atoms with Crippen LogP contribution in [0.1, 0.15) is 47.0 Å². The van der Waals surface area contributed by atoms with E-state index in [0.29, 0.717) is 51.3 Å². The second kappa shape index (κ2) is 7.13. The molecule has 0 saturated heterocycles. The van der Waals surface area contributed by atoms with E-state index >= 15 is 0 Å². The Hall–Kier alpha value is -3.79. The molecule has 0 spiro atoms. The van der Waals surface area contributed by atoms with E-state index in [1.807, 2.05) is 24.3 Å². The molecule has 0 radical (unpaired) electrons. The number of allylic oxidation sites excluding steroid dienone is 2. The number of carbonyl (C=O) groups is 2. The minimum atomic E-state index is -1.06. The monoisotopic (exact) mass is 447 g/mol. The number of imidazole rings is 1. The number of nitrogens with one attached hydrogen (secondary N) is 3. The first-order chi connectivity index (χ1) is 15.6. The van der Waals surface area contributed by atoms with Crippen molar-refractivity contribution >= 4 is 40.4 Å². The molecule has 160 valence electrons. The quantitative estimate of drug-likeness (QED) is 0.364. The maximum absolute atomic E-state index is 12.9. The number of aromatic carboxylic acids is 1. The highest BCUT2D eigenvalue weighted by molar-refractivity contribution is 7.99. The van der Waals surface area contributed by atoms with Gasteiger partial charge < -0.3 is 24.8 Å². The molecule has 0 saturated carbocycles. The number of pyridine rings is 1. The van der Waals surface area contributed by atoms with Gasteiger partial charge in [0.1, 0.15) is 17.0 Å². The zero-order valence-corrected chi connectivity index (χ0v) is 17.5. The summed E-state index contributed by atoms with van der Waals surface area (Å²) < 4.78 is 6.15. The zero-order chi connectivity index (χ0) is 21.8. The first kappa shape index (κ1) is 18.9. The maximum Gasteiger partial charge on any atom is 0.354 e. The lowest BCUT2D eigenvalue weighted by molar-refractivity contribution is -0.116. The minimum absolute atomic E-state index is 0.0569. The SMILES string of the molecule is O=C1CCCC2=C1C(c1ccc(Sc3nc4cccnc4[nH]3)o1)c1c[nH]c(C(=O)O)c1N2. The number of aromatic nitrogens is 4. The van der Waals surface area contributed by atoms with Gasteiger partial charge in [0.2, 0.25) is 0 Å². The summed E-state index contributed by atoms with van der Waals surface area (Å²) in [7, 11) is 0. The van der Waals surface area contributed by atoms with E-state index in [0.717, 1.165) is 17.6 Å². The second-order valence-electron chi connectivity index (χ2n) is 7.70. The van der Waals surface area contributed by atoms with E-state index in [-0.39, 0.29) is 11.5 Å². The molecule has 1 unspecified atom stereocenters. The molecule has 0 fully saturated rings. The van der Waals surface area contributed by atoms with Gasteiger partial charge in [0.25, 0.3) is 0 Å². The fourth-order valence-corrected chi connectivity index (χ4v) is 5.17. The fourth-order valence-electron chi connectivity index (χ4n) is 4.41. The summed E-state index contributed by atoms with van der Waals surface area (Å²) in [5, 5.41) is 14.0. The van der Waals surface area contributed by atoms with Crippen LogP contribution >= 0.6 is 11.8 Å². The molecule has 32 heavy (non-hydrogen) atoms. The van der Waals surface area contributed by atoms with Crippen molar-refractivity contribution in [2.45, 2.75) is 35.4 Å². The third kappa shape index (κ3) is 2.94. The van der Waals surface area contributed by atoms with E-state index in [4.69, 9.17) is 4.42 Å². The van der Waals surface area contributed by atoms with Crippen LogP contribution in [-0.2, 0) is 4.79 Å². The number of furan rings is 1. The average molecular weight is 447 g/mol. The summed E-state index contributed by atoms with van der Waals surface area (Å²) in [5.74, 6) is -0.882. The number of carboxylic acids is 1. The predicted molar refractivity (Wildman–Crippen MR) is 116 cm³/mol. The van der Waals surface area contributed by atoms with E-state index in [1.165, 1.54) is 11.8 Å². The first-order valence-electron chi connectivity index (χ1n) is 10.1. The molecule has 9 nitrogen and oxygen atoms in total. The van der Waals surface area contributed by atoms with Gasteiger partial charge in [-0.25, -0.2) is 14.8 Å². The van der Waals surface area contributed by atoms with E-state index in [2.05, 4.69) is 25.3 Å². The normalized spacial score (nSPS) is 17.9. The molecule has 4 aromatic rings. The molecule has 5 heterocycles. The summed E-state index contributed by atoms with van der Waals surface area (Å²) in [4.78, 5) is 39.3. The lowest BCUT2D eigenvalue weighted by atomic mass is 9.78. The zero-order valence-electron chi connectivity index (χ0n) is 16.6. The molecule has 1 atom stereocenters. The number of Topliss-reactive ketones (excluding diaryl/α,β-unsaturated/α-hetero) is 1.